The molecule has 0 amide bonds. The van der Waals surface area contributed by atoms with Gasteiger partial charge in [-0.1, -0.05) is 42.5 Å². The van der Waals surface area contributed by atoms with Crippen LogP contribution in [0.25, 0.3) is 0 Å². The van der Waals surface area contributed by atoms with E-state index in [1.807, 2.05) is 42.5 Å². The molecule has 0 aliphatic carbocycles. The third kappa shape index (κ3) is 10.7. The molecule has 166 valence electrons. The van der Waals surface area contributed by atoms with Gasteiger partial charge in [-0.2, -0.15) is 0 Å². The molecule has 0 unspecified atom stereocenters. The summed E-state index contributed by atoms with van der Waals surface area (Å²) < 4.78 is 4.69. The second-order valence-corrected chi connectivity index (χ2v) is 6.64. The van der Waals surface area contributed by atoms with Crippen LogP contribution >= 0.6 is 0 Å². The summed E-state index contributed by atoms with van der Waals surface area (Å²) in [6.07, 6.45) is 1.42. The molecule has 0 saturated heterocycles. The number of carboxylic acid groups (broad SMARTS) is 2. The summed E-state index contributed by atoms with van der Waals surface area (Å²) in [5, 5.41) is 29.1. The third-order valence-electron chi connectivity index (χ3n) is 4.13. The van der Waals surface area contributed by atoms with Crippen LogP contribution in [-0.2, 0) is 20.7 Å². The molecule has 8 nitrogen and oxygen atoms in total. The number of carbonyl (C=O) groups is 3. The molecule has 0 spiro atoms. The van der Waals surface area contributed by atoms with Gasteiger partial charge in [-0.3, -0.25) is 0 Å². The molecule has 8 heteroatoms. The van der Waals surface area contributed by atoms with E-state index in [4.69, 9.17) is 10.2 Å². The molecular weight excluding hydrogens is 402 g/mol. The topological polar surface area (TPSA) is 133 Å². The maximum absolute atomic E-state index is 11.4. The van der Waals surface area contributed by atoms with Crippen LogP contribution in [0.5, 0.6) is 0 Å². The van der Waals surface area contributed by atoms with Crippen molar-refractivity contribution in [1.29, 1.82) is 0 Å². The van der Waals surface area contributed by atoms with E-state index in [9.17, 15) is 19.5 Å². The predicted octanol–water partition coefficient (Wildman–Crippen LogP) is 2.44. The zero-order valence-corrected chi connectivity index (χ0v) is 17.4. The Balaban J connectivity index is 0.000000512. The minimum atomic E-state index is -1.26. The summed E-state index contributed by atoms with van der Waals surface area (Å²) in [5.41, 5.74) is 2.60. The second-order valence-electron chi connectivity index (χ2n) is 6.64. The van der Waals surface area contributed by atoms with Crippen LogP contribution in [0.15, 0.2) is 66.7 Å². The van der Waals surface area contributed by atoms with E-state index in [2.05, 4.69) is 17.0 Å². The van der Waals surface area contributed by atoms with Crippen LogP contribution in [-0.4, -0.2) is 52.9 Å². The molecule has 0 aliphatic rings. The van der Waals surface area contributed by atoms with E-state index in [-0.39, 0.29) is 12.0 Å². The molecule has 31 heavy (non-hydrogen) atoms. The molecule has 0 aliphatic heterocycles. The van der Waals surface area contributed by atoms with Crippen molar-refractivity contribution >= 4 is 17.9 Å². The van der Waals surface area contributed by atoms with E-state index in [1.165, 1.54) is 7.11 Å². The normalized spacial score (nSPS) is 12.4. The van der Waals surface area contributed by atoms with E-state index in [1.54, 1.807) is 12.1 Å². The highest BCUT2D eigenvalue weighted by molar-refractivity contribution is 5.89. The van der Waals surface area contributed by atoms with Gasteiger partial charge < -0.3 is 25.4 Å². The number of aliphatic hydroxyl groups is 1. The lowest BCUT2D eigenvalue weighted by Crippen LogP contribution is -2.32. The Morgan fingerprint density at radius 1 is 0.968 bits per heavy atom. The summed E-state index contributed by atoms with van der Waals surface area (Å²) in [6, 6.07) is 17.2. The Morgan fingerprint density at radius 3 is 2.00 bits per heavy atom. The van der Waals surface area contributed by atoms with Crippen LogP contribution in [0, 0.1) is 0 Å². The maximum Gasteiger partial charge on any atom is 0.337 e. The molecule has 2 atom stereocenters. The van der Waals surface area contributed by atoms with Gasteiger partial charge in [0.2, 0.25) is 0 Å². The van der Waals surface area contributed by atoms with E-state index >= 15 is 0 Å². The number of rotatable bonds is 9. The molecule has 0 aromatic heterocycles. The number of carboxylic acids is 2. The summed E-state index contributed by atoms with van der Waals surface area (Å²) in [4.78, 5) is 30.5. The number of esters is 1. The SMILES string of the molecule is COC(=O)c1ccc(C[C@@H](C)NC[C@H](O)c2ccccc2)cc1.O=C(O)/C=C/C(=O)O. The average Bonchev–Trinajstić information content (AvgIpc) is 2.77. The zero-order chi connectivity index (χ0) is 23.2. The lowest BCUT2D eigenvalue weighted by atomic mass is 10.0. The maximum atomic E-state index is 11.4. The van der Waals surface area contributed by atoms with Gasteiger partial charge in [-0.05, 0) is 36.6 Å². The van der Waals surface area contributed by atoms with Crippen molar-refractivity contribution in [1.82, 2.24) is 5.32 Å². The van der Waals surface area contributed by atoms with Crippen molar-refractivity contribution in [2.75, 3.05) is 13.7 Å². The van der Waals surface area contributed by atoms with E-state index in [0.717, 1.165) is 17.5 Å². The van der Waals surface area contributed by atoms with Gasteiger partial charge in [0, 0.05) is 24.7 Å². The minimum absolute atomic E-state index is 0.220. The molecule has 0 fully saturated rings. The molecule has 2 aromatic carbocycles. The fraction of sp³-hybridized carbons (Fsp3) is 0.261. The van der Waals surface area contributed by atoms with Gasteiger partial charge in [-0.25, -0.2) is 14.4 Å². The van der Waals surface area contributed by atoms with Gasteiger partial charge in [-0.15, -0.1) is 0 Å². The standard InChI is InChI=1S/C19H23NO3.C4H4O4/c1-14(20-13-18(21)16-6-4-3-5-7-16)12-15-8-10-17(11-9-15)19(22)23-2;5-3(6)1-2-4(7)8/h3-11,14,18,20-21H,12-13H2,1-2H3;1-2H,(H,5,6)(H,7,8)/b;2-1+/t14-,18+;/m1./s1. The minimum Gasteiger partial charge on any atom is -0.478 e. The van der Waals surface area contributed by atoms with E-state index < -0.39 is 18.0 Å². The number of carbonyl (C=O) groups excluding carboxylic acids is 1. The monoisotopic (exact) mass is 429 g/mol. The van der Waals surface area contributed by atoms with Crippen molar-refractivity contribution in [3.05, 3.63) is 83.4 Å². The molecule has 0 saturated carbocycles. The average molecular weight is 429 g/mol. The summed E-state index contributed by atoms with van der Waals surface area (Å²) in [7, 11) is 1.38. The highest BCUT2D eigenvalue weighted by atomic mass is 16.5. The van der Waals surface area contributed by atoms with Gasteiger partial charge in [0.25, 0.3) is 0 Å². The summed E-state index contributed by atoms with van der Waals surface area (Å²) in [6.45, 7) is 2.58. The quantitative estimate of drug-likeness (QED) is 0.353. The Morgan fingerprint density at radius 2 is 1.52 bits per heavy atom. The van der Waals surface area contributed by atoms with Crippen molar-refractivity contribution in [2.45, 2.75) is 25.5 Å². The van der Waals surface area contributed by atoms with Crippen molar-refractivity contribution in [2.24, 2.45) is 0 Å². The molecule has 0 radical (unpaired) electrons. The van der Waals surface area contributed by atoms with Crippen molar-refractivity contribution in [3.8, 4) is 0 Å². The number of benzene rings is 2. The van der Waals surface area contributed by atoms with Gasteiger partial charge >= 0.3 is 17.9 Å². The lowest BCUT2D eigenvalue weighted by Gasteiger charge is -2.17. The molecule has 0 bridgehead atoms. The number of methoxy groups -OCH3 is 1. The molecular formula is C23H27NO7. The number of ether oxygens (including phenoxy) is 1. The summed E-state index contributed by atoms with van der Waals surface area (Å²) >= 11 is 0. The Labute approximate surface area is 180 Å². The van der Waals surface area contributed by atoms with Crippen molar-refractivity contribution in [3.63, 3.8) is 0 Å². The first-order valence-electron chi connectivity index (χ1n) is 9.50. The highest BCUT2D eigenvalue weighted by Crippen LogP contribution is 2.12. The van der Waals surface area contributed by atoms with Crippen LogP contribution in [0.1, 0.15) is 34.5 Å². The lowest BCUT2D eigenvalue weighted by molar-refractivity contribution is -0.134. The zero-order valence-electron chi connectivity index (χ0n) is 17.4. The number of hydrogen-bond acceptors (Lipinski definition) is 6. The number of nitrogens with one attached hydrogen (secondary N) is 1. The molecule has 2 aromatic rings. The Bertz CT molecular complexity index is 847. The first-order valence-corrected chi connectivity index (χ1v) is 9.50. The Hall–Kier alpha value is -3.49. The third-order valence-corrected chi connectivity index (χ3v) is 4.13. The molecule has 0 heterocycles. The highest BCUT2D eigenvalue weighted by Gasteiger charge is 2.10. The first-order chi connectivity index (χ1) is 14.7. The van der Waals surface area contributed by atoms with Crippen LogP contribution in [0.2, 0.25) is 0 Å². The van der Waals surface area contributed by atoms with Crippen LogP contribution in [0.3, 0.4) is 0 Å². The van der Waals surface area contributed by atoms with Gasteiger partial charge in [0.05, 0.1) is 18.8 Å². The first kappa shape index (κ1) is 25.5. The number of aliphatic hydroxyl groups excluding tert-OH is 1. The van der Waals surface area contributed by atoms with Gasteiger partial charge in [0.1, 0.15) is 0 Å². The predicted molar refractivity (Wildman–Crippen MR) is 115 cm³/mol. The van der Waals surface area contributed by atoms with E-state index in [0.29, 0.717) is 24.3 Å². The fourth-order valence-corrected chi connectivity index (χ4v) is 2.57. The van der Waals surface area contributed by atoms with Crippen LogP contribution < -0.4 is 5.32 Å². The fourth-order valence-electron chi connectivity index (χ4n) is 2.57. The molecule has 2 rings (SSSR count). The molecule has 4 N–H and O–H groups in total. The van der Waals surface area contributed by atoms with Crippen molar-refractivity contribution < 1.29 is 34.4 Å². The smallest absolute Gasteiger partial charge is 0.337 e. The summed E-state index contributed by atoms with van der Waals surface area (Å²) in [5.74, 6) is -2.84. The largest absolute Gasteiger partial charge is 0.478 e. The van der Waals surface area contributed by atoms with Gasteiger partial charge in [0.15, 0.2) is 0 Å². The Kier molecular flexibility index (Phi) is 11.3. The second kappa shape index (κ2) is 13.7. The number of aliphatic carboxylic acids is 2. The van der Waals surface area contributed by atoms with Crippen LogP contribution in [0.4, 0.5) is 0 Å². The number of hydrogen-bond donors (Lipinski definition) is 4.